The first-order chi connectivity index (χ1) is 14.7. The second kappa shape index (κ2) is 8.58. The molecular weight excluding hydrogens is 377 g/mol. The minimum Gasteiger partial charge on any atom is -0.361 e. The van der Waals surface area contributed by atoms with Gasteiger partial charge in [0, 0.05) is 17.3 Å². The Morgan fingerprint density at radius 1 is 1.03 bits per heavy atom. The highest BCUT2D eigenvalue weighted by Crippen LogP contribution is 2.28. The molecule has 0 unspecified atom stereocenters. The van der Waals surface area contributed by atoms with Gasteiger partial charge in [-0.2, -0.15) is 5.26 Å². The molecule has 1 atom stereocenters. The van der Waals surface area contributed by atoms with Crippen molar-refractivity contribution < 1.29 is 4.39 Å². The van der Waals surface area contributed by atoms with Gasteiger partial charge in [0.05, 0.1) is 17.1 Å². The van der Waals surface area contributed by atoms with Crippen LogP contribution >= 0.6 is 0 Å². The van der Waals surface area contributed by atoms with E-state index in [2.05, 4.69) is 20.6 Å². The van der Waals surface area contributed by atoms with Gasteiger partial charge >= 0.3 is 0 Å². The summed E-state index contributed by atoms with van der Waals surface area (Å²) in [5.41, 5.74) is 2.79. The molecular formula is C24H20FN5. The van der Waals surface area contributed by atoms with Crippen LogP contribution in [0.15, 0.2) is 72.9 Å². The Kier molecular flexibility index (Phi) is 5.53. The van der Waals surface area contributed by atoms with Crippen molar-refractivity contribution in [3.63, 3.8) is 0 Å². The van der Waals surface area contributed by atoms with Crippen LogP contribution in [0.25, 0.3) is 10.9 Å². The van der Waals surface area contributed by atoms with E-state index in [-0.39, 0.29) is 17.4 Å². The first-order valence-corrected chi connectivity index (χ1v) is 9.72. The number of hydrogen-bond acceptors (Lipinski definition) is 5. The number of hydrogen-bond donors (Lipinski definition) is 2. The van der Waals surface area contributed by atoms with Gasteiger partial charge in [-0.05, 0) is 42.3 Å². The molecule has 30 heavy (non-hydrogen) atoms. The first kappa shape index (κ1) is 19.3. The normalized spacial score (nSPS) is 11.6. The van der Waals surface area contributed by atoms with E-state index >= 15 is 0 Å². The van der Waals surface area contributed by atoms with E-state index in [1.807, 2.05) is 73.7 Å². The van der Waals surface area contributed by atoms with Gasteiger partial charge in [0.2, 0.25) is 0 Å². The quantitative estimate of drug-likeness (QED) is 0.421. The fraction of sp³-hybridized carbons (Fsp3) is 0.125. The van der Waals surface area contributed by atoms with Crippen molar-refractivity contribution in [2.24, 2.45) is 0 Å². The Hall–Kier alpha value is -3.98. The minimum atomic E-state index is -0.561. The number of pyridine rings is 2. The summed E-state index contributed by atoms with van der Waals surface area (Å²) in [6, 6.07) is 22.4. The maximum atomic E-state index is 14.7. The number of benzene rings is 2. The maximum Gasteiger partial charge on any atom is 0.166 e. The molecule has 4 aromatic rings. The highest BCUT2D eigenvalue weighted by atomic mass is 19.1. The number of halogens is 1. The van der Waals surface area contributed by atoms with Gasteiger partial charge in [-0.3, -0.25) is 4.98 Å². The molecule has 0 bridgehead atoms. The SMILES string of the molecule is CC[C@H](Nc1nc(Nc2ccc3ncccc3c2)c(C#N)cc1F)c1ccccc1. The second-order valence-corrected chi connectivity index (χ2v) is 6.88. The topological polar surface area (TPSA) is 73.6 Å². The lowest BCUT2D eigenvalue weighted by atomic mass is 10.0. The number of nitrogens with one attached hydrogen (secondary N) is 2. The fourth-order valence-corrected chi connectivity index (χ4v) is 3.33. The van der Waals surface area contributed by atoms with Crippen LogP contribution < -0.4 is 10.6 Å². The molecule has 6 heteroatoms. The van der Waals surface area contributed by atoms with Crippen molar-refractivity contribution in [3.8, 4) is 6.07 Å². The molecule has 0 spiro atoms. The van der Waals surface area contributed by atoms with Crippen LogP contribution in [0.1, 0.15) is 30.5 Å². The summed E-state index contributed by atoms with van der Waals surface area (Å²) in [4.78, 5) is 8.70. The lowest BCUT2D eigenvalue weighted by molar-refractivity contribution is 0.617. The van der Waals surface area contributed by atoms with E-state index < -0.39 is 5.82 Å². The van der Waals surface area contributed by atoms with Crippen molar-refractivity contribution in [1.82, 2.24) is 9.97 Å². The molecule has 0 radical (unpaired) electrons. The summed E-state index contributed by atoms with van der Waals surface area (Å²) in [6.45, 7) is 2.02. The fourth-order valence-electron chi connectivity index (χ4n) is 3.33. The number of anilines is 3. The third kappa shape index (κ3) is 4.06. The standard InChI is InChI=1S/C24H20FN5/c1-2-21(16-7-4-3-5-8-16)29-24-20(25)14-18(15-26)23(30-24)28-19-10-11-22-17(13-19)9-6-12-27-22/h3-14,21H,2H2,1H3,(H2,28,29,30)/t21-/m0/s1. The summed E-state index contributed by atoms with van der Waals surface area (Å²) >= 11 is 0. The summed E-state index contributed by atoms with van der Waals surface area (Å²) in [6.07, 6.45) is 2.49. The number of nitriles is 1. The molecule has 2 aromatic carbocycles. The Balaban J connectivity index is 1.66. The van der Waals surface area contributed by atoms with Crippen LogP contribution in [0.5, 0.6) is 0 Å². The number of nitrogens with zero attached hydrogens (tertiary/aromatic N) is 3. The molecule has 2 N–H and O–H groups in total. The van der Waals surface area contributed by atoms with Crippen LogP contribution in [0.3, 0.4) is 0 Å². The molecule has 0 saturated heterocycles. The van der Waals surface area contributed by atoms with E-state index in [0.717, 1.165) is 28.6 Å². The molecule has 0 aliphatic heterocycles. The van der Waals surface area contributed by atoms with Crippen molar-refractivity contribution in [2.45, 2.75) is 19.4 Å². The lowest BCUT2D eigenvalue weighted by Gasteiger charge is -2.19. The molecule has 0 aliphatic carbocycles. The van der Waals surface area contributed by atoms with Gasteiger partial charge in [0.1, 0.15) is 6.07 Å². The predicted molar refractivity (Wildman–Crippen MR) is 117 cm³/mol. The van der Waals surface area contributed by atoms with Crippen molar-refractivity contribution in [2.75, 3.05) is 10.6 Å². The summed E-state index contributed by atoms with van der Waals surface area (Å²) in [7, 11) is 0. The zero-order chi connectivity index (χ0) is 20.9. The van der Waals surface area contributed by atoms with Gasteiger partial charge in [-0.15, -0.1) is 0 Å². The third-order valence-electron chi connectivity index (χ3n) is 4.88. The van der Waals surface area contributed by atoms with Gasteiger partial charge in [-0.25, -0.2) is 9.37 Å². The molecule has 2 heterocycles. The summed E-state index contributed by atoms with van der Waals surface area (Å²) in [5, 5.41) is 16.7. The first-order valence-electron chi connectivity index (χ1n) is 9.72. The van der Waals surface area contributed by atoms with E-state index in [1.165, 1.54) is 6.07 Å². The molecule has 0 saturated carbocycles. The van der Waals surface area contributed by atoms with Gasteiger partial charge in [0.15, 0.2) is 17.5 Å². The number of fused-ring (bicyclic) bond motifs is 1. The molecule has 2 aromatic heterocycles. The second-order valence-electron chi connectivity index (χ2n) is 6.88. The Labute approximate surface area is 174 Å². The average molecular weight is 397 g/mol. The maximum absolute atomic E-state index is 14.7. The van der Waals surface area contributed by atoms with Crippen LogP contribution in [-0.2, 0) is 0 Å². The van der Waals surface area contributed by atoms with E-state index in [1.54, 1.807) is 6.20 Å². The molecule has 0 amide bonds. The highest BCUT2D eigenvalue weighted by Gasteiger charge is 2.16. The van der Waals surface area contributed by atoms with Crippen molar-refractivity contribution >= 4 is 28.2 Å². The van der Waals surface area contributed by atoms with E-state index in [4.69, 9.17) is 0 Å². The van der Waals surface area contributed by atoms with Gasteiger partial charge in [-0.1, -0.05) is 43.3 Å². The smallest absolute Gasteiger partial charge is 0.166 e. The minimum absolute atomic E-state index is 0.0965. The molecule has 0 aliphatic rings. The van der Waals surface area contributed by atoms with Crippen molar-refractivity contribution in [1.29, 1.82) is 5.26 Å². The van der Waals surface area contributed by atoms with E-state index in [9.17, 15) is 9.65 Å². The van der Waals surface area contributed by atoms with Crippen LogP contribution in [-0.4, -0.2) is 9.97 Å². The highest BCUT2D eigenvalue weighted by molar-refractivity contribution is 5.83. The van der Waals surface area contributed by atoms with Crippen molar-refractivity contribution in [3.05, 3.63) is 89.9 Å². The predicted octanol–water partition coefficient (Wildman–Crippen LogP) is 5.95. The van der Waals surface area contributed by atoms with Crippen LogP contribution in [0, 0.1) is 17.1 Å². The molecule has 4 rings (SSSR count). The Bertz CT molecular complexity index is 1220. The number of rotatable bonds is 6. The van der Waals surface area contributed by atoms with E-state index in [0.29, 0.717) is 5.82 Å². The zero-order valence-electron chi connectivity index (χ0n) is 16.4. The molecule has 148 valence electrons. The Morgan fingerprint density at radius 2 is 1.87 bits per heavy atom. The molecule has 5 nitrogen and oxygen atoms in total. The molecule has 0 fully saturated rings. The third-order valence-corrected chi connectivity index (χ3v) is 4.88. The average Bonchev–Trinajstić information content (AvgIpc) is 2.79. The lowest BCUT2D eigenvalue weighted by Crippen LogP contribution is -2.13. The Morgan fingerprint density at radius 3 is 2.63 bits per heavy atom. The van der Waals surface area contributed by atoms with Crippen LogP contribution in [0.4, 0.5) is 21.7 Å². The zero-order valence-corrected chi connectivity index (χ0v) is 16.4. The largest absolute Gasteiger partial charge is 0.361 e. The summed E-state index contributed by atoms with van der Waals surface area (Å²) in [5.74, 6) is -0.156. The van der Waals surface area contributed by atoms with Gasteiger partial charge in [0.25, 0.3) is 0 Å². The van der Waals surface area contributed by atoms with Crippen LogP contribution in [0.2, 0.25) is 0 Å². The van der Waals surface area contributed by atoms with Gasteiger partial charge < -0.3 is 10.6 Å². The monoisotopic (exact) mass is 397 g/mol. The number of aromatic nitrogens is 2. The summed E-state index contributed by atoms with van der Waals surface area (Å²) < 4.78 is 14.7.